The summed E-state index contributed by atoms with van der Waals surface area (Å²) in [5, 5.41) is 7.43. The van der Waals surface area contributed by atoms with Gasteiger partial charge in [0.2, 0.25) is 0 Å². The molecule has 0 bridgehead atoms. The molecule has 0 fully saturated rings. The summed E-state index contributed by atoms with van der Waals surface area (Å²) in [4.78, 5) is 0. The number of rotatable bonds is 6. The van der Waals surface area contributed by atoms with Gasteiger partial charge in [0.1, 0.15) is 11.5 Å². The molecular weight excluding hydrogens is 254 g/mol. The number of nitrogens with zero attached hydrogens (tertiary/aromatic N) is 2. The normalized spacial score (nSPS) is 12.2. The number of aryl methyl sites for hydroxylation is 1. The molecule has 0 aliphatic rings. The first kappa shape index (κ1) is 14.4. The topological polar surface area (TPSA) is 48.3 Å². The third kappa shape index (κ3) is 2.93. The van der Waals surface area contributed by atoms with Crippen molar-refractivity contribution in [2.45, 2.75) is 26.4 Å². The Bertz CT molecular complexity index is 566. The summed E-state index contributed by atoms with van der Waals surface area (Å²) in [6, 6.07) is 5.92. The van der Waals surface area contributed by atoms with Crippen LogP contribution < -0.4 is 14.8 Å². The van der Waals surface area contributed by atoms with Gasteiger partial charge in [0.05, 0.1) is 25.1 Å². The van der Waals surface area contributed by atoms with Crippen molar-refractivity contribution in [3.05, 3.63) is 36.2 Å². The van der Waals surface area contributed by atoms with Crippen LogP contribution in [0.15, 0.2) is 30.6 Å². The van der Waals surface area contributed by atoms with Crippen molar-refractivity contribution in [3.8, 4) is 17.2 Å². The van der Waals surface area contributed by atoms with Crippen LogP contribution in [0.4, 0.5) is 0 Å². The third-order valence-corrected chi connectivity index (χ3v) is 3.27. The fraction of sp³-hybridized carbons (Fsp3) is 0.400. The summed E-state index contributed by atoms with van der Waals surface area (Å²) in [5.74, 6) is 2.32. The number of methoxy groups -OCH3 is 1. The molecule has 2 aromatic rings. The van der Waals surface area contributed by atoms with E-state index in [9.17, 15) is 0 Å². The largest absolute Gasteiger partial charge is 0.496 e. The van der Waals surface area contributed by atoms with E-state index in [1.807, 2.05) is 43.0 Å². The maximum absolute atomic E-state index is 5.95. The molecule has 0 aliphatic heterocycles. The summed E-state index contributed by atoms with van der Waals surface area (Å²) in [7, 11) is 3.58. The van der Waals surface area contributed by atoms with Gasteiger partial charge in [0.15, 0.2) is 5.75 Å². The van der Waals surface area contributed by atoms with E-state index in [1.54, 1.807) is 13.3 Å². The Morgan fingerprint density at radius 3 is 2.70 bits per heavy atom. The average Bonchev–Trinajstić information content (AvgIpc) is 2.93. The van der Waals surface area contributed by atoms with Crippen LogP contribution in [0.3, 0.4) is 0 Å². The van der Waals surface area contributed by atoms with E-state index in [4.69, 9.17) is 9.47 Å². The average molecular weight is 275 g/mol. The molecule has 5 heteroatoms. The summed E-state index contributed by atoms with van der Waals surface area (Å²) in [6.45, 7) is 4.93. The first-order chi connectivity index (χ1) is 9.69. The smallest absolute Gasteiger partial charge is 0.165 e. The zero-order valence-corrected chi connectivity index (χ0v) is 12.4. The Labute approximate surface area is 119 Å². The lowest BCUT2D eigenvalue weighted by Gasteiger charge is -2.18. The summed E-state index contributed by atoms with van der Waals surface area (Å²) >= 11 is 0. The van der Waals surface area contributed by atoms with Gasteiger partial charge >= 0.3 is 0 Å². The molecule has 5 nitrogen and oxygen atoms in total. The van der Waals surface area contributed by atoms with Gasteiger partial charge in [0, 0.05) is 12.6 Å². The molecule has 0 saturated carbocycles. The predicted molar refractivity (Wildman–Crippen MR) is 78.4 cm³/mol. The Balaban J connectivity index is 2.35. The van der Waals surface area contributed by atoms with Gasteiger partial charge in [-0.3, -0.25) is 4.68 Å². The van der Waals surface area contributed by atoms with Gasteiger partial charge < -0.3 is 14.8 Å². The van der Waals surface area contributed by atoms with Crippen molar-refractivity contribution in [2.24, 2.45) is 0 Å². The quantitative estimate of drug-likeness (QED) is 0.880. The van der Waals surface area contributed by atoms with E-state index in [0.29, 0.717) is 0 Å². The third-order valence-electron chi connectivity index (χ3n) is 3.27. The number of hydrogen-bond donors (Lipinski definition) is 1. The lowest BCUT2D eigenvalue weighted by atomic mass is 10.1. The molecule has 0 spiro atoms. The van der Waals surface area contributed by atoms with Crippen LogP contribution in [-0.4, -0.2) is 23.9 Å². The maximum atomic E-state index is 5.95. The summed E-state index contributed by atoms with van der Waals surface area (Å²) < 4.78 is 13.2. The summed E-state index contributed by atoms with van der Waals surface area (Å²) in [5.41, 5.74) is 1.00. The fourth-order valence-electron chi connectivity index (χ4n) is 2.06. The second-order valence-corrected chi connectivity index (χ2v) is 4.52. The molecule has 20 heavy (non-hydrogen) atoms. The van der Waals surface area contributed by atoms with Gasteiger partial charge in [-0.05, 0) is 33.0 Å². The highest BCUT2D eigenvalue weighted by atomic mass is 16.5. The number of hydrogen-bond acceptors (Lipinski definition) is 4. The second kappa shape index (κ2) is 6.43. The van der Waals surface area contributed by atoms with Gasteiger partial charge in [-0.2, -0.15) is 5.10 Å². The Hall–Kier alpha value is -2.01. The van der Waals surface area contributed by atoms with Gasteiger partial charge in [-0.15, -0.1) is 0 Å². The second-order valence-electron chi connectivity index (χ2n) is 4.52. The molecule has 108 valence electrons. The zero-order chi connectivity index (χ0) is 14.5. The molecule has 1 aromatic heterocycles. The van der Waals surface area contributed by atoms with Crippen LogP contribution in [0.1, 0.15) is 25.5 Å². The Morgan fingerprint density at radius 1 is 1.35 bits per heavy atom. The van der Waals surface area contributed by atoms with Gasteiger partial charge in [-0.1, -0.05) is 6.07 Å². The lowest BCUT2D eigenvalue weighted by molar-refractivity contribution is 0.393. The van der Waals surface area contributed by atoms with E-state index in [2.05, 4.69) is 17.3 Å². The number of aromatic nitrogens is 2. The fourth-order valence-corrected chi connectivity index (χ4v) is 2.06. The molecular formula is C15H21N3O2. The molecule has 1 unspecified atom stereocenters. The minimum atomic E-state index is 0.127. The highest BCUT2D eigenvalue weighted by molar-refractivity contribution is 5.48. The van der Waals surface area contributed by atoms with Crippen LogP contribution in [0.5, 0.6) is 17.2 Å². The van der Waals surface area contributed by atoms with Crippen molar-refractivity contribution >= 4 is 0 Å². The van der Waals surface area contributed by atoms with Crippen molar-refractivity contribution in [1.82, 2.24) is 15.1 Å². The van der Waals surface area contributed by atoms with Crippen molar-refractivity contribution in [1.29, 1.82) is 0 Å². The molecule has 0 aliphatic carbocycles. The van der Waals surface area contributed by atoms with Crippen LogP contribution in [0.2, 0.25) is 0 Å². The van der Waals surface area contributed by atoms with Gasteiger partial charge in [-0.25, -0.2) is 0 Å². The monoisotopic (exact) mass is 275 g/mol. The van der Waals surface area contributed by atoms with E-state index in [0.717, 1.165) is 29.4 Å². The highest BCUT2D eigenvalue weighted by Gasteiger charge is 2.16. The van der Waals surface area contributed by atoms with E-state index >= 15 is 0 Å². The molecule has 0 amide bonds. The van der Waals surface area contributed by atoms with Crippen molar-refractivity contribution < 1.29 is 9.47 Å². The Kier molecular flexibility index (Phi) is 4.63. The first-order valence-corrected chi connectivity index (χ1v) is 6.74. The van der Waals surface area contributed by atoms with Crippen LogP contribution >= 0.6 is 0 Å². The van der Waals surface area contributed by atoms with Crippen molar-refractivity contribution in [2.75, 3.05) is 14.2 Å². The predicted octanol–water partition coefficient (Wildman–Crippen LogP) is 2.98. The Morgan fingerprint density at radius 2 is 2.10 bits per heavy atom. The molecule has 1 heterocycles. The summed E-state index contributed by atoms with van der Waals surface area (Å²) in [6.07, 6.45) is 3.60. The van der Waals surface area contributed by atoms with Gasteiger partial charge in [0.25, 0.3) is 0 Å². The van der Waals surface area contributed by atoms with Crippen LogP contribution in [-0.2, 0) is 6.54 Å². The minimum Gasteiger partial charge on any atom is -0.496 e. The SMILES string of the molecule is CCn1cc(Oc2cccc(OC)c2C(C)NC)cn1. The van der Waals surface area contributed by atoms with Crippen molar-refractivity contribution in [3.63, 3.8) is 0 Å². The minimum absolute atomic E-state index is 0.127. The highest BCUT2D eigenvalue weighted by Crippen LogP contribution is 2.36. The van der Waals surface area contributed by atoms with Crippen LogP contribution in [0, 0.1) is 0 Å². The van der Waals surface area contributed by atoms with E-state index < -0.39 is 0 Å². The zero-order valence-electron chi connectivity index (χ0n) is 12.4. The van der Waals surface area contributed by atoms with E-state index in [1.165, 1.54) is 0 Å². The van der Waals surface area contributed by atoms with Crippen LogP contribution in [0.25, 0.3) is 0 Å². The molecule has 1 N–H and O–H groups in total. The first-order valence-electron chi connectivity index (χ1n) is 6.74. The number of nitrogens with one attached hydrogen (secondary N) is 1. The standard InChI is InChI=1S/C15H21N3O2/c1-5-18-10-12(9-17-18)20-14-8-6-7-13(19-4)15(14)11(2)16-3/h6-11,16H,5H2,1-4H3. The molecule has 1 atom stereocenters. The molecule has 1 aromatic carbocycles. The molecule has 0 radical (unpaired) electrons. The molecule has 0 saturated heterocycles. The van der Waals surface area contributed by atoms with E-state index in [-0.39, 0.29) is 6.04 Å². The number of ether oxygens (including phenoxy) is 2. The molecule has 2 rings (SSSR count). The number of benzene rings is 1. The maximum Gasteiger partial charge on any atom is 0.165 e. The lowest BCUT2D eigenvalue weighted by Crippen LogP contribution is -2.14.